The fourth-order valence-electron chi connectivity index (χ4n) is 1.31. The van der Waals surface area contributed by atoms with E-state index in [0.717, 1.165) is 10.2 Å². The first-order valence-corrected chi connectivity index (χ1v) is 7.09. The third-order valence-corrected chi connectivity index (χ3v) is 3.28. The molecule has 94 valence electrons. The molecule has 2 aromatic rings. The molecule has 2 rings (SSSR count). The zero-order valence-electron chi connectivity index (χ0n) is 9.61. The molecule has 0 radical (unpaired) electrons. The number of rotatable bonds is 4. The van der Waals surface area contributed by atoms with E-state index in [1.807, 2.05) is 13.0 Å². The molecule has 1 amide bonds. The Morgan fingerprint density at radius 2 is 2.39 bits per heavy atom. The first kappa shape index (κ1) is 13.1. The molecule has 1 aromatic carbocycles. The fraction of sp³-hybridized carbons (Fsp3) is 0.182. The van der Waals surface area contributed by atoms with Crippen LogP contribution in [0.5, 0.6) is 0 Å². The second-order valence-electron chi connectivity index (χ2n) is 3.36. The van der Waals surface area contributed by atoms with Crippen molar-refractivity contribution in [2.45, 2.75) is 12.1 Å². The van der Waals surface area contributed by atoms with Gasteiger partial charge in [0.15, 0.2) is 0 Å². The standard InChI is InChI=1S/C11H11BrN4OS/c1-2-18-11-14-10(15-16-11)13-9(17)7-4-3-5-8(12)6-7/h3-6H,2H2,1H3,(H2,13,14,15,16,17). The molecule has 0 bridgehead atoms. The maximum absolute atomic E-state index is 11.9. The van der Waals surface area contributed by atoms with E-state index >= 15 is 0 Å². The second-order valence-corrected chi connectivity index (χ2v) is 5.51. The molecule has 0 aliphatic heterocycles. The van der Waals surface area contributed by atoms with Gasteiger partial charge in [0.1, 0.15) is 0 Å². The summed E-state index contributed by atoms with van der Waals surface area (Å²) in [5, 5.41) is 9.94. The highest BCUT2D eigenvalue weighted by Gasteiger charge is 2.09. The maximum atomic E-state index is 11.9. The molecule has 1 aromatic heterocycles. The van der Waals surface area contributed by atoms with E-state index in [1.165, 1.54) is 11.8 Å². The summed E-state index contributed by atoms with van der Waals surface area (Å²) in [6.07, 6.45) is 0. The van der Waals surface area contributed by atoms with Crippen LogP contribution < -0.4 is 5.32 Å². The van der Waals surface area contributed by atoms with Gasteiger partial charge in [0.2, 0.25) is 11.1 Å². The highest BCUT2D eigenvalue weighted by molar-refractivity contribution is 9.10. The first-order chi connectivity index (χ1) is 8.69. The maximum Gasteiger partial charge on any atom is 0.258 e. The van der Waals surface area contributed by atoms with E-state index in [-0.39, 0.29) is 5.91 Å². The number of nitrogens with one attached hydrogen (secondary N) is 2. The molecule has 1 heterocycles. The molecule has 18 heavy (non-hydrogen) atoms. The van der Waals surface area contributed by atoms with Crippen molar-refractivity contribution in [3.63, 3.8) is 0 Å². The second kappa shape index (κ2) is 6.01. The van der Waals surface area contributed by atoms with Crippen LogP contribution in [0, 0.1) is 0 Å². The average Bonchev–Trinajstić information content (AvgIpc) is 2.77. The van der Waals surface area contributed by atoms with Gasteiger partial charge in [-0.05, 0) is 24.0 Å². The predicted octanol–water partition coefficient (Wildman–Crippen LogP) is 2.93. The minimum absolute atomic E-state index is 0.222. The summed E-state index contributed by atoms with van der Waals surface area (Å²) < 4.78 is 0.856. The van der Waals surface area contributed by atoms with Gasteiger partial charge in [-0.25, -0.2) is 5.10 Å². The Balaban J connectivity index is 2.06. The number of aromatic amines is 1. The number of benzene rings is 1. The topological polar surface area (TPSA) is 70.7 Å². The van der Waals surface area contributed by atoms with Crippen molar-refractivity contribution in [2.75, 3.05) is 11.1 Å². The van der Waals surface area contributed by atoms with Crippen molar-refractivity contribution in [2.24, 2.45) is 0 Å². The van der Waals surface area contributed by atoms with Crippen LogP contribution in [-0.4, -0.2) is 26.8 Å². The van der Waals surface area contributed by atoms with Crippen LogP contribution in [0.25, 0.3) is 0 Å². The van der Waals surface area contributed by atoms with Crippen molar-refractivity contribution < 1.29 is 4.79 Å². The molecule has 5 nitrogen and oxygen atoms in total. The lowest BCUT2D eigenvalue weighted by Gasteiger charge is -2.01. The molecule has 0 atom stereocenters. The number of halogens is 1. The van der Waals surface area contributed by atoms with Gasteiger partial charge in [0, 0.05) is 10.0 Å². The van der Waals surface area contributed by atoms with E-state index in [0.29, 0.717) is 16.7 Å². The Hall–Kier alpha value is -1.34. The van der Waals surface area contributed by atoms with Crippen molar-refractivity contribution in [1.29, 1.82) is 0 Å². The third-order valence-electron chi connectivity index (χ3n) is 2.06. The minimum atomic E-state index is -0.222. The van der Waals surface area contributed by atoms with Gasteiger partial charge >= 0.3 is 0 Å². The number of H-pyrrole nitrogens is 1. The highest BCUT2D eigenvalue weighted by Crippen LogP contribution is 2.15. The summed E-state index contributed by atoms with van der Waals surface area (Å²) in [6, 6.07) is 7.14. The molecule has 0 spiro atoms. The average molecular weight is 327 g/mol. The predicted molar refractivity (Wildman–Crippen MR) is 74.9 cm³/mol. The molecule has 0 saturated carbocycles. The number of nitrogens with zero attached hydrogens (tertiary/aromatic N) is 2. The summed E-state index contributed by atoms with van der Waals surface area (Å²) in [5.41, 5.74) is 0.561. The Labute approximate surface area is 117 Å². The Morgan fingerprint density at radius 1 is 1.56 bits per heavy atom. The molecule has 0 saturated heterocycles. The van der Waals surface area contributed by atoms with Gasteiger partial charge in [-0.3, -0.25) is 10.1 Å². The SMILES string of the molecule is CCSc1n[nH]c(NC(=O)c2cccc(Br)c2)n1. The van der Waals surface area contributed by atoms with Crippen molar-refractivity contribution in [3.8, 4) is 0 Å². The number of thioether (sulfide) groups is 1. The zero-order chi connectivity index (χ0) is 13.0. The molecule has 2 N–H and O–H groups in total. The third kappa shape index (κ3) is 3.33. The van der Waals surface area contributed by atoms with E-state index in [1.54, 1.807) is 18.2 Å². The lowest BCUT2D eigenvalue weighted by molar-refractivity contribution is 0.102. The van der Waals surface area contributed by atoms with Gasteiger partial charge in [0.05, 0.1) is 0 Å². The van der Waals surface area contributed by atoms with Crippen molar-refractivity contribution in [3.05, 3.63) is 34.3 Å². The summed E-state index contributed by atoms with van der Waals surface area (Å²) in [5.74, 6) is 1.02. The van der Waals surface area contributed by atoms with Crippen LogP contribution in [0.15, 0.2) is 33.9 Å². The zero-order valence-corrected chi connectivity index (χ0v) is 12.0. The van der Waals surface area contributed by atoms with Crippen LogP contribution in [0.4, 0.5) is 5.95 Å². The van der Waals surface area contributed by atoms with Gasteiger partial charge < -0.3 is 0 Å². The number of aromatic nitrogens is 3. The first-order valence-electron chi connectivity index (χ1n) is 5.31. The minimum Gasteiger partial charge on any atom is -0.291 e. The largest absolute Gasteiger partial charge is 0.291 e. The van der Waals surface area contributed by atoms with Crippen LogP contribution in [0.2, 0.25) is 0 Å². The number of hydrogen-bond acceptors (Lipinski definition) is 4. The van der Waals surface area contributed by atoms with Crippen LogP contribution in [-0.2, 0) is 0 Å². The number of carbonyl (C=O) groups excluding carboxylic acids is 1. The smallest absolute Gasteiger partial charge is 0.258 e. The van der Waals surface area contributed by atoms with Crippen molar-refractivity contribution in [1.82, 2.24) is 15.2 Å². The van der Waals surface area contributed by atoms with Gasteiger partial charge in [-0.1, -0.05) is 40.7 Å². The quantitative estimate of drug-likeness (QED) is 0.847. The van der Waals surface area contributed by atoms with Gasteiger partial charge in [-0.2, -0.15) is 4.98 Å². The number of carbonyl (C=O) groups is 1. The molecular formula is C11H11BrN4OS. The summed E-state index contributed by atoms with van der Waals surface area (Å²) in [6.45, 7) is 2.01. The van der Waals surface area contributed by atoms with Crippen LogP contribution in [0.3, 0.4) is 0 Å². The number of hydrogen-bond donors (Lipinski definition) is 2. The van der Waals surface area contributed by atoms with Crippen LogP contribution >= 0.6 is 27.7 Å². The Morgan fingerprint density at radius 3 is 3.11 bits per heavy atom. The molecule has 0 aliphatic carbocycles. The fourth-order valence-corrected chi connectivity index (χ4v) is 2.23. The van der Waals surface area contributed by atoms with Gasteiger partial charge in [-0.15, -0.1) is 5.10 Å². The molecule has 0 unspecified atom stereocenters. The van der Waals surface area contributed by atoms with E-state index < -0.39 is 0 Å². The van der Waals surface area contributed by atoms with Crippen molar-refractivity contribution >= 4 is 39.5 Å². The lowest BCUT2D eigenvalue weighted by Crippen LogP contribution is -2.12. The molecular weight excluding hydrogens is 316 g/mol. The number of amides is 1. The van der Waals surface area contributed by atoms with Crippen LogP contribution in [0.1, 0.15) is 17.3 Å². The Bertz CT molecular complexity index is 557. The summed E-state index contributed by atoms with van der Waals surface area (Å²) in [7, 11) is 0. The Kier molecular flexibility index (Phi) is 4.38. The highest BCUT2D eigenvalue weighted by atomic mass is 79.9. The molecule has 0 aliphatic rings. The molecule has 0 fully saturated rings. The monoisotopic (exact) mass is 326 g/mol. The van der Waals surface area contributed by atoms with E-state index in [9.17, 15) is 4.79 Å². The summed E-state index contributed by atoms with van der Waals surface area (Å²) >= 11 is 4.83. The van der Waals surface area contributed by atoms with E-state index in [4.69, 9.17) is 0 Å². The number of anilines is 1. The van der Waals surface area contributed by atoms with Gasteiger partial charge in [0.25, 0.3) is 5.91 Å². The summed E-state index contributed by atoms with van der Waals surface area (Å²) in [4.78, 5) is 16.0. The normalized spacial score (nSPS) is 10.3. The van der Waals surface area contributed by atoms with E-state index in [2.05, 4.69) is 36.4 Å². The lowest BCUT2D eigenvalue weighted by atomic mass is 10.2. The molecule has 7 heteroatoms.